The van der Waals surface area contributed by atoms with Crippen LogP contribution in [0.2, 0.25) is 0 Å². The van der Waals surface area contributed by atoms with Crippen molar-refractivity contribution in [2.45, 2.75) is 25.7 Å². The summed E-state index contributed by atoms with van der Waals surface area (Å²) in [5.74, 6) is 0.0327. The smallest absolute Gasteiger partial charge is 0.230 e. The summed E-state index contributed by atoms with van der Waals surface area (Å²) >= 11 is 3.41. The number of nitrogen functional groups attached to an aromatic ring is 1. The van der Waals surface area contributed by atoms with E-state index in [-0.39, 0.29) is 5.91 Å². The van der Waals surface area contributed by atoms with Gasteiger partial charge in [-0.15, -0.1) is 0 Å². The highest BCUT2D eigenvalue weighted by atomic mass is 79.9. The van der Waals surface area contributed by atoms with E-state index in [4.69, 9.17) is 5.73 Å². The van der Waals surface area contributed by atoms with E-state index in [9.17, 15) is 4.79 Å². The van der Waals surface area contributed by atoms with Crippen LogP contribution in [0.4, 0.5) is 5.69 Å². The van der Waals surface area contributed by atoms with Gasteiger partial charge in [0.05, 0.1) is 5.41 Å². The Morgan fingerprint density at radius 3 is 2.27 bits per heavy atom. The van der Waals surface area contributed by atoms with E-state index >= 15 is 0 Å². The summed E-state index contributed by atoms with van der Waals surface area (Å²) in [7, 11) is 0. The number of hydrogen-bond donors (Lipinski definition) is 2. The van der Waals surface area contributed by atoms with E-state index in [1.54, 1.807) is 0 Å². The first-order valence-electron chi connectivity index (χ1n) is 7.28. The molecule has 0 aliphatic heterocycles. The zero-order valence-electron chi connectivity index (χ0n) is 12.9. The van der Waals surface area contributed by atoms with E-state index in [0.29, 0.717) is 6.54 Å². The predicted molar refractivity (Wildman–Crippen MR) is 94.7 cm³/mol. The maximum atomic E-state index is 12.5. The zero-order valence-corrected chi connectivity index (χ0v) is 14.5. The number of nitrogens with two attached hydrogens (primary N) is 1. The highest BCUT2D eigenvalue weighted by Gasteiger charge is 2.29. The van der Waals surface area contributed by atoms with Crippen molar-refractivity contribution in [1.29, 1.82) is 0 Å². The van der Waals surface area contributed by atoms with Crippen molar-refractivity contribution in [3.63, 3.8) is 0 Å². The minimum atomic E-state index is -0.554. The van der Waals surface area contributed by atoms with Gasteiger partial charge in [0.1, 0.15) is 0 Å². The molecule has 0 bridgehead atoms. The SMILES string of the molecule is CC(C)(C(=O)NCCc1ccc(N)cc1)c1ccc(Br)cc1. The summed E-state index contributed by atoms with van der Waals surface area (Å²) in [6, 6.07) is 15.6. The quantitative estimate of drug-likeness (QED) is 0.799. The fourth-order valence-corrected chi connectivity index (χ4v) is 2.49. The first kappa shape index (κ1) is 16.6. The van der Waals surface area contributed by atoms with Crippen LogP contribution in [0.15, 0.2) is 53.0 Å². The van der Waals surface area contributed by atoms with Gasteiger partial charge in [0.15, 0.2) is 0 Å². The minimum absolute atomic E-state index is 0.0327. The molecular weight excluding hydrogens is 340 g/mol. The Kier molecular flexibility index (Phi) is 5.24. The number of carbonyl (C=O) groups excluding carboxylic acids is 1. The van der Waals surface area contributed by atoms with Gasteiger partial charge < -0.3 is 11.1 Å². The second-order valence-electron chi connectivity index (χ2n) is 5.88. The molecule has 116 valence electrons. The van der Waals surface area contributed by atoms with Crippen LogP contribution in [-0.2, 0) is 16.6 Å². The Balaban J connectivity index is 1.93. The number of nitrogens with one attached hydrogen (secondary N) is 1. The van der Waals surface area contributed by atoms with E-state index in [0.717, 1.165) is 27.7 Å². The lowest BCUT2D eigenvalue weighted by molar-refractivity contribution is -0.125. The van der Waals surface area contributed by atoms with E-state index < -0.39 is 5.41 Å². The average Bonchev–Trinajstić information content (AvgIpc) is 2.49. The van der Waals surface area contributed by atoms with Gasteiger partial charge in [0.25, 0.3) is 0 Å². The van der Waals surface area contributed by atoms with Gasteiger partial charge in [-0.25, -0.2) is 0 Å². The van der Waals surface area contributed by atoms with Crippen LogP contribution in [-0.4, -0.2) is 12.5 Å². The normalized spacial score (nSPS) is 11.2. The molecule has 0 fully saturated rings. The number of halogens is 1. The number of amides is 1. The van der Waals surface area contributed by atoms with Gasteiger partial charge >= 0.3 is 0 Å². The van der Waals surface area contributed by atoms with Crippen LogP contribution in [0.3, 0.4) is 0 Å². The molecule has 0 atom stereocenters. The number of rotatable bonds is 5. The maximum absolute atomic E-state index is 12.5. The van der Waals surface area contributed by atoms with E-state index in [1.165, 1.54) is 0 Å². The molecule has 0 aromatic heterocycles. The monoisotopic (exact) mass is 360 g/mol. The molecule has 0 aliphatic rings. The molecule has 2 aromatic carbocycles. The third-order valence-electron chi connectivity index (χ3n) is 3.81. The van der Waals surface area contributed by atoms with Crippen LogP contribution >= 0.6 is 15.9 Å². The molecule has 0 saturated carbocycles. The van der Waals surface area contributed by atoms with Crippen molar-refractivity contribution in [2.75, 3.05) is 12.3 Å². The second kappa shape index (κ2) is 6.97. The van der Waals surface area contributed by atoms with Crippen LogP contribution in [0.1, 0.15) is 25.0 Å². The Labute approximate surface area is 140 Å². The Hall–Kier alpha value is -1.81. The minimum Gasteiger partial charge on any atom is -0.399 e. The number of carbonyl (C=O) groups is 1. The van der Waals surface area contributed by atoms with Crippen molar-refractivity contribution < 1.29 is 4.79 Å². The van der Waals surface area contributed by atoms with Crippen molar-refractivity contribution in [3.05, 3.63) is 64.1 Å². The average molecular weight is 361 g/mol. The van der Waals surface area contributed by atoms with E-state index in [1.807, 2.05) is 62.4 Å². The van der Waals surface area contributed by atoms with Crippen molar-refractivity contribution >= 4 is 27.5 Å². The summed E-state index contributed by atoms with van der Waals surface area (Å²) in [6.07, 6.45) is 0.794. The van der Waals surface area contributed by atoms with E-state index in [2.05, 4.69) is 21.2 Å². The van der Waals surface area contributed by atoms with Crippen LogP contribution in [0.5, 0.6) is 0 Å². The largest absolute Gasteiger partial charge is 0.399 e. The number of anilines is 1. The summed E-state index contributed by atoms with van der Waals surface area (Å²) in [4.78, 5) is 12.5. The fraction of sp³-hybridized carbons (Fsp3) is 0.278. The first-order chi connectivity index (χ1) is 10.4. The molecule has 2 rings (SSSR count). The van der Waals surface area contributed by atoms with Gasteiger partial charge in [-0.3, -0.25) is 4.79 Å². The zero-order chi connectivity index (χ0) is 16.2. The molecule has 22 heavy (non-hydrogen) atoms. The maximum Gasteiger partial charge on any atom is 0.230 e. The molecule has 2 aromatic rings. The summed E-state index contributed by atoms with van der Waals surface area (Å²) in [5, 5.41) is 3.02. The highest BCUT2D eigenvalue weighted by Crippen LogP contribution is 2.25. The molecule has 3 N–H and O–H groups in total. The lowest BCUT2D eigenvalue weighted by atomic mass is 9.84. The molecular formula is C18H21BrN2O. The first-order valence-corrected chi connectivity index (χ1v) is 8.07. The molecule has 0 spiro atoms. The molecule has 3 nitrogen and oxygen atoms in total. The summed E-state index contributed by atoms with van der Waals surface area (Å²) in [6.45, 7) is 4.49. The van der Waals surface area contributed by atoms with Crippen molar-refractivity contribution in [1.82, 2.24) is 5.32 Å². The summed E-state index contributed by atoms with van der Waals surface area (Å²) in [5.41, 5.74) is 8.03. The molecule has 0 heterocycles. The van der Waals surface area contributed by atoms with Gasteiger partial charge in [-0.05, 0) is 55.7 Å². The van der Waals surface area contributed by atoms with Crippen molar-refractivity contribution in [3.8, 4) is 0 Å². The molecule has 0 unspecified atom stereocenters. The van der Waals surface area contributed by atoms with Gasteiger partial charge in [0, 0.05) is 16.7 Å². The van der Waals surface area contributed by atoms with Gasteiger partial charge in [-0.2, -0.15) is 0 Å². The molecule has 1 amide bonds. The molecule has 4 heteroatoms. The lowest BCUT2D eigenvalue weighted by Gasteiger charge is -2.24. The van der Waals surface area contributed by atoms with Gasteiger partial charge in [0.2, 0.25) is 5.91 Å². The third kappa shape index (κ3) is 4.10. The van der Waals surface area contributed by atoms with Crippen LogP contribution in [0.25, 0.3) is 0 Å². The molecule has 0 radical (unpaired) electrons. The van der Waals surface area contributed by atoms with Gasteiger partial charge in [-0.1, -0.05) is 40.2 Å². The fourth-order valence-electron chi connectivity index (χ4n) is 2.22. The number of hydrogen-bond acceptors (Lipinski definition) is 2. The Bertz CT molecular complexity index is 633. The predicted octanol–water partition coefficient (Wildman–Crippen LogP) is 3.67. The van der Waals surface area contributed by atoms with Crippen LogP contribution in [0, 0.1) is 0 Å². The van der Waals surface area contributed by atoms with Crippen LogP contribution < -0.4 is 11.1 Å². The summed E-state index contributed by atoms with van der Waals surface area (Å²) < 4.78 is 1.01. The highest BCUT2D eigenvalue weighted by molar-refractivity contribution is 9.10. The molecule has 0 saturated heterocycles. The molecule has 0 aliphatic carbocycles. The Morgan fingerprint density at radius 2 is 1.68 bits per heavy atom. The topological polar surface area (TPSA) is 55.1 Å². The Morgan fingerprint density at radius 1 is 1.09 bits per heavy atom. The van der Waals surface area contributed by atoms with Crippen molar-refractivity contribution in [2.24, 2.45) is 0 Å². The standard InChI is InChI=1S/C18H21BrN2O/c1-18(2,14-5-7-15(19)8-6-14)17(22)21-12-11-13-3-9-16(20)10-4-13/h3-10H,11-12,20H2,1-2H3,(H,21,22). The lowest BCUT2D eigenvalue weighted by Crippen LogP contribution is -2.40. The number of benzene rings is 2. The second-order valence-corrected chi connectivity index (χ2v) is 6.80. The third-order valence-corrected chi connectivity index (χ3v) is 4.34.